The van der Waals surface area contributed by atoms with Crippen LogP contribution in [0, 0.1) is 5.92 Å². The van der Waals surface area contributed by atoms with Gasteiger partial charge in [0.2, 0.25) is 5.88 Å². The molecule has 212 valence electrons. The summed E-state index contributed by atoms with van der Waals surface area (Å²) in [4.78, 5) is 33.1. The van der Waals surface area contributed by atoms with Crippen LogP contribution in [0.3, 0.4) is 0 Å². The van der Waals surface area contributed by atoms with E-state index in [9.17, 15) is 14.7 Å². The van der Waals surface area contributed by atoms with E-state index in [2.05, 4.69) is 20.9 Å². The number of halogens is 2. The van der Waals surface area contributed by atoms with E-state index in [0.29, 0.717) is 30.2 Å². The first-order valence-electron chi connectivity index (χ1n) is 12.9. The molecule has 39 heavy (non-hydrogen) atoms. The van der Waals surface area contributed by atoms with Gasteiger partial charge in [0.05, 0.1) is 6.54 Å². The molecule has 1 aliphatic heterocycles. The Kier molecular flexibility index (Phi) is 9.93. The van der Waals surface area contributed by atoms with Gasteiger partial charge in [-0.15, -0.1) is 0 Å². The third-order valence-electron chi connectivity index (χ3n) is 5.81. The minimum absolute atomic E-state index is 0.0328. The Hall–Kier alpha value is -2.78. The number of carbonyl (C=O) groups is 2. The van der Waals surface area contributed by atoms with Crippen molar-refractivity contribution in [3.05, 3.63) is 56.6 Å². The zero-order chi connectivity index (χ0) is 29.0. The lowest BCUT2D eigenvalue weighted by atomic mass is 10.1. The minimum Gasteiger partial charge on any atom is -0.493 e. The average molecular weight is 623 g/mol. The fourth-order valence-electron chi connectivity index (χ4n) is 4.07. The molecule has 0 bridgehead atoms. The van der Waals surface area contributed by atoms with E-state index in [1.807, 2.05) is 65.8 Å². The first kappa shape index (κ1) is 30.8. The summed E-state index contributed by atoms with van der Waals surface area (Å²) in [5.74, 6) is -0.124. The smallest absolute Gasteiger partial charge is 0.410 e. The van der Waals surface area contributed by atoms with E-state index in [4.69, 9.17) is 21.1 Å². The number of aromatic hydroxyl groups is 1. The minimum atomic E-state index is -0.690. The number of nitrogens with zero attached hydrogens (tertiary/aromatic N) is 3. The van der Waals surface area contributed by atoms with Crippen molar-refractivity contribution in [2.75, 3.05) is 19.6 Å². The summed E-state index contributed by atoms with van der Waals surface area (Å²) >= 11 is 9.54. The van der Waals surface area contributed by atoms with Gasteiger partial charge in [0.15, 0.2) is 0 Å². The summed E-state index contributed by atoms with van der Waals surface area (Å²) < 4.78 is 12.0. The lowest BCUT2D eigenvalue weighted by Crippen LogP contribution is -2.40. The van der Waals surface area contributed by atoms with E-state index in [1.54, 1.807) is 28.1 Å². The molecule has 1 N–H and O–H groups in total. The quantitative estimate of drug-likeness (QED) is 0.362. The number of hydrogen-bond acceptors (Lipinski definition) is 6. The Labute approximate surface area is 244 Å². The van der Waals surface area contributed by atoms with Crippen molar-refractivity contribution in [3.63, 3.8) is 0 Å². The summed E-state index contributed by atoms with van der Waals surface area (Å²) in [5.41, 5.74) is 0.904. The molecule has 2 amide bonds. The first-order valence-corrected chi connectivity index (χ1v) is 14.0. The van der Waals surface area contributed by atoms with Gasteiger partial charge in [-0.1, -0.05) is 45.7 Å². The Bertz CT molecular complexity index is 1220. The van der Waals surface area contributed by atoms with Gasteiger partial charge in [-0.2, -0.15) is 0 Å². The van der Waals surface area contributed by atoms with Crippen molar-refractivity contribution in [3.8, 4) is 5.88 Å². The maximum atomic E-state index is 13.2. The number of benzene rings is 1. The second-order valence-corrected chi connectivity index (χ2v) is 13.0. The van der Waals surface area contributed by atoms with Crippen LogP contribution in [-0.4, -0.2) is 62.9 Å². The van der Waals surface area contributed by atoms with Gasteiger partial charge in [0.25, 0.3) is 0 Å². The zero-order valence-electron chi connectivity index (χ0n) is 23.3. The number of rotatable bonds is 6. The van der Waals surface area contributed by atoms with Crippen molar-refractivity contribution in [2.45, 2.75) is 65.7 Å². The molecule has 1 unspecified atom stereocenters. The molecule has 10 heteroatoms. The van der Waals surface area contributed by atoms with Crippen LogP contribution in [0.15, 0.2) is 34.9 Å². The predicted molar refractivity (Wildman–Crippen MR) is 157 cm³/mol. The number of ether oxygens (including phenoxy) is 2. The number of likely N-dealkylation sites (tertiary alicyclic amines) is 1. The van der Waals surface area contributed by atoms with E-state index in [1.165, 1.54) is 0 Å². The third-order valence-corrected chi connectivity index (χ3v) is 6.73. The molecule has 0 radical (unpaired) electrons. The van der Waals surface area contributed by atoms with Gasteiger partial charge >= 0.3 is 12.2 Å². The van der Waals surface area contributed by atoms with E-state index in [-0.39, 0.29) is 24.4 Å². The normalized spacial score (nSPS) is 16.0. The Balaban J connectivity index is 1.77. The second-order valence-electron chi connectivity index (χ2n) is 11.7. The van der Waals surface area contributed by atoms with Crippen LogP contribution in [0.1, 0.15) is 64.7 Å². The Morgan fingerprint density at radius 1 is 1.15 bits per heavy atom. The number of carbonyl (C=O) groups excluding carboxylic acids is 2. The molecule has 2 heterocycles. The van der Waals surface area contributed by atoms with Gasteiger partial charge < -0.3 is 24.4 Å². The molecule has 1 atom stereocenters. The van der Waals surface area contributed by atoms with Gasteiger partial charge in [-0.05, 0) is 83.2 Å². The molecule has 1 aromatic carbocycles. The average Bonchev–Trinajstić information content (AvgIpc) is 3.26. The van der Waals surface area contributed by atoms with Crippen LogP contribution in [-0.2, 0) is 16.0 Å². The highest BCUT2D eigenvalue weighted by Crippen LogP contribution is 2.26. The summed E-state index contributed by atoms with van der Waals surface area (Å²) in [5, 5.41) is 11.2. The first-order chi connectivity index (χ1) is 18.1. The van der Waals surface area contributed by atoms with Gasteiger partial charge in [-0.3, -0.25) is 0 Å². The van der Waals surface area contributed by atoms with Crippen molar-refractivity contribution in [1.82, 2.24) is 14.8 Å². The molecule has 1 aromatic heterocycles. The second kappa shape index (κ2) is 12.6. The monoisotopic (exact) mass is 621 g/mol. The molecular weight excluding hydrogens is 586 g/mol. The molecule has 1 saturated heterocycles. The maximum Gasteiger partial charge on any atom is 0.410 e. The highest BCUT2D eigenvalue weighted by Gasteiger charge is 2.33. The van der Waals surface area contributed by atoms with Crippen molar-refractivity contribution in [1.29, 1.82) is 0 Å². The number of hydrogen-bond donors (Lipinski definition) is 1. The molecule has 1 aliphatic rings. The SMILES string of the molecule is CC(C)(C)OC(=O)N1CCC(CN(Cc2cc(C=Cc3ccc(Cl)cc3Br)cnc2O)C(=O)OC(C)(C)C)C1. The van der Waals surface area contributed by atoms with Crippen LogP contribution in [0.5, 0.6) is 5.88 Å². The fraction of sp³-hybridized carbons (Fsp3) is 0.483. The van der Waals surface area contributed by atoms with Crippen molar-refractivity contribution in [2.24, 2.45) is 5.92 Å². The molecule has 2 aromatic rings. The summed E-state index contributed by atoms with van der Waals surface area (Å²) in [6, 6.07) is 7.30. The van der Waals surface area contributed by atoms with Crippen LogP contribution < -0.4 is 0 Å². The molecular formula is C29H37BrClN3O5. The van der Waals surface area contributed by atoms with E-state index in [0.717, 1.165) is 22.0 Å². The van der Waals surface area contributed by atoms with Crippen LogP contribution in [0.25, 0.3) is 12.2 Å². The van der Waals surface area contributed by atoms with Gasteiger partial charge in [-0.25, -0.2) is 14.6 Å². The summed E-state index contributed by atoms with van der Waals surface area (Å²) in [6.07, 6.45) is 5.21. The Morgan fingerprint density at radius 3 is 2.49 bits per heavy atom. The van der Waals surface area contributed by atoms with Gasteiger partial charge in [0, 0.05) is 40.9 Å². The Morgan fingerprint density at radius 2 is 1.85 bits per heavy atom. The van der Waals surface area contributed by atoms with E-state index < -0.39 is 17.3 Å². The highest BCUT2D eigenvalue weighted by atomic mass is 79.9. The van der Waals surface area contributed by atoms with Crippen LogP contribution in [0.4, 0.5) is 9.59 Å². The summed E-state index contributed by atoms with van der Waals surface area (Å²) in [7, 11) is 0. The number of pyridine rings is 1. The van der Waals surface area contributed by atoms with Crippen LogP contribution in [0.2, 0.25) is 5.02 Å². The highest BCUT2D eigenvalue weighted by molar-refractivity contribution is 9.10. The van der Waals surface area contributed by atoms with Crippen molar-refractivity contribution >= 4 is 51.9 Å². The van der Waals surface area contributed by atoms with Gasteiger partial charge in [0.1, 0.15) is 11.2 Å². The molecule has 1 fully saturated rings. The van der Waals surface area contributed by atoms with E-state index >= 15 is 0 Å². The molecule has 0 spiro atoms. The van der Waals surface area contributed by atoms with Crippen molar-refractivity contribution < 1.29 is 24.2 Å². The molecule has 8 nitrogen and oxygen atoms in total. The number of aromatic nitrogens is 1. The lowest BCUT2D eigenvalue weighted by molar-refractivity contribution is 0.0195. The predicted octanol–water partition coefficient (Wildman–Crippen LogP) is 7.37. The fourth-order valence-corrected chi connectivity index (χ4v) is 4.89. The zero-order valence-corrected chi connectivity index (χ0v) is 25.7. The lowest BCUT2D eigenvalue weighted by Gasteiger charge is -2.29. The maximum absolute atomic E-state index is 13.2. The standard InChI is InChI=1S/C29H37BrClN3O5/c1-28(2,3)38-26(36)33-12-11-20(16-33)17-34(27(37)39-29(4,5)6)18-22-13-19(15-32-25(22)35)7-8-21-9-10-23(31)14-24(21)30/h7-10,13-15,20H,11-12,16-18H2,1-6H3,(H,32,35). The third kappa shape index (κ3) is 9.72. The summed E-state index contributed by atoms with van der Waals surface area (Å²) in [6.45, 7) is 12.4. The molecule has 3 rings (SSSR count). The topological polar surface area (TPSA) is 92.2 Å². The van der Waals surface area contributed by atoms with Crippen LogP contribution >= 0.6 is 27.5 Å². The molecule has 0 aliphatic carbocycles. The largest absolute Gasteiger partial charge is 0.493 e. The number of amides is 2. The molecule has 0 saturated carbocycles.